The molecule has 0 aliphatic heterocycles. The van der Waals surface area contributed by atoms with E-state index in [0.717, 1.165) is 11.5 Å². The van der Waals surface area contributed by atoms with Gasteiger partial charge in [-0.25, -0.2) is 4.98 Å². The van der Waals surface area contributed by atoms with Gasteiger partial charge in [-0.15, -0.1) is 0 Å². The van der Waals surface area contributed by atoms with Crippen LogP contribution in [0.15, 0.2) is 6.20 Å². The van der Waals surface area contributed by atoms with Gasteiger partial charge in [0.25, 0.3) is 0 Å². The molecule has 0 aromatic carbocycles. The van der Waals surface area contributed by atoms with E-state index in [-0.39, 0.29) is 0 Å². The van der Waals surface area contributed by atoms with Gasteiger partial charge in [0.05, 0.1) is 26.3 Å². The summed E-state index contributed by atoms with van der Waals surface area (Å²) >= 11 is 0. The quantitative estimate of drug-likeness (QED) is 0.755. The lowest BCUT2D eigenvalue weighted by molar-refractivity contribution is 0.0553. The molecule has 0 radical (unpaired) electrons. The summed E-state index contributed by atoms with van der Waals surface area (Å²) in [5, 5.41) is 8.62. The zero-order valence-corrected chi connectivity index (χ0v) is 12.3. The molecule has 0 bridgehead atoms. The van der Waals surface area contributed by atoms with Gasteiger partial charge < -0.3 is 9.30 Å². The first-order chi connectivity index (χ1) is 7.84. The number of hydrogen-bond donors (Lipinski definition) is 0. The van der Waals surface area contributed by atoms with Crippen LogP contribution in [0, 0.1) is 18.3 Å². The predicted octanol–water partition coefficient (Wildman–Crippen LogP) is 2.50. The Bertz CT molecular complexity index is 414. The molecule has 0 aliphatic carbocycles. The second-order valence-electron chi connectivity index (χ2n) is 5.39. The molecule has 1 aromatic rings. The highest BCUT2D eigenvalue weighted by molar-refractivity contribution is 6.77. The third kappa shape index (κ3) is 3.99. The molecule has 5 heteroatoms. The summed E-state index contributed by atoms with van der Waals surface area (Å²) in [7, 11) is -1.25. The average molecular weight is 251 g/mol. The maximum Gasteiger partial charge on any atom is 0.123 e. The third-order valence-corrected chi connectivity index (χ3v) is 5.58. The summed E-state index contributed by atoms with van der Waals surface area (Å²) in [6, 6.07) is 2.10. The van der Waals surface area contributed by atoms with Crippen LogP contribution in [0.25, 0.3) is 0 Å². The SMILES string of the molecule is Cc1nc(CC#N)cn1COC(C)[Si](C)(C)C. The lowest BCUT2D eigenvalue weighted by atomic mass is 10.4. The minimum absolute atomic E-state index is 0.309. The van der Waals surface area contributed by atoms with E-state index in [1.165, 1.54) is 0 Å². The summed E-state index contributed by atoms with van der Waals surface area (Å²) in [4.78, 5) is 4.31. The third-order valence-electron chi connectivity index (χ3n) is 2.97. The van der Waals surface area contributed by atoms with Crippen molar-refractivity contribution in [3.05, 3.63) is 17.7 Å². The Morgan fingerprint density at radius 1 is 1.53 bits per heavy atom. The molecule has 0 saturated heterocycles. The van der Waals surface area contributed by atoms with E-state index in [2.05, 4.69) is 37.6 Å². The lowest BCUT2D eigenvalue weighted by Gasteiger charge is -2.25. The lowest BCUT2D eigenvalue weighted by Crippen LogP contribution is -2.38. The summed E-state index contributed by atoms with van der Waals surface area (Å²) < 4.78 is 7.83. The van der Waals surface area contributed by atoms with Crippen LogP contribution < -0.4 is 0 Å². The van der Waals surface area contributed by atoms with Crippen LogP contribution >= 0.6 is 0 Å². The molecule has 17 heavy (non-hydrogen) atoms. The van der Waals surface area contributed by atoms with Gasteiger partial charge in [-0.2, -0.15) is 5.26 Å². The van der Waals surface area contributed by atoms with Crippen molar-refractivity contribution in [3.63, 3.8) is 0 Å². The molecule has 0 saturated carbocycles. The van der Waals surface area contributed by atoms with Crippen molar-refractivity contribution in [2.24, 2.45) is 0 Å². The zero-order chi connectivity index (χ0) is 13.1. The Morgan fingerprint density at radius 2 is 2.18 bits per heavy atom. The number of imidazole rings is 1. The largest absolute Gasteiger partial charge is 0.361 e. The Kier molecular flexibility index (Phi) is 4.49. The number of ether oxygens (including phenoxy) is 1. The number of nitriles is 1. The van der Waals surface area contributed by atoms with Crippen LogP contribution in [-0.4, -0.2) is 23.4 Å². The first kappa shape index (κ1) is 13.9. The van der Waals surface area contributed by atoms with Gasteiger partial charge >= 0.3 is 0 Å². The summed E-state index contributed by atoms with van der Waals surface area (Å²) in [5.41, 5.74) is 1.12. The summed E-state index contributed by atoms with van der Waals surface area (Å²) in [6.45, 7) is 11.5. The van der Waals surface area contributed by atoms with E-state index in [1.807, 2.05) is 17.7 Å². The van der Waals surface area contributed by atoms with Crippen molar-refractivity contribution in [1.29, 1.82) is 5.26 Å². The van der Waals surface area contributed by atoms with E-state index >= 15 is 0 Å². The van der Waals surface area contributed by atoms with Crippen molar-refractivity contribution in [3.8, 4) is 6.07 Å². The smallest absolute Gasteiger partial charge is 0.123 e. The molecular weight excluding hydrogens is 230 g/mol. The highest BCUT2D eigenvalue weighted by Gasteiger charge is 2.23. The van der Waals surface area contributed by atoms with Crippen LogP contribution in [0.4, 0.5) is 0 Å². The maximum atomic E-state index is 8.62. The fraction of sp³-hybridized carbons (Fsp3) is 0.667. The molecular formula is C12H21N3OSi. The van der Waals surface area contributed by atoms with Crippen molar-refractivity contribution < 1.29 is 4.74 Å². The van der Waals surface area contributed by atoms with Gasteiger partial charge in [0, 0.05) is 11.9 Å². The predicted molar refractivity (Wildman–Crippen MR) is 70.2 cm³/mol. The van der Waals surface area contributed by atoms with Crippen LogP contribution in [-0.2, 0) is 17.9 Å². The molecule has 0 N–H and O–H groups in total. The summed E-state index contributed by atoms with van der Waals surface area (Å²) in [6.07, 6.45) is 2.26. The molecule has 0 spiro atoms. The molecule has 0 amide bonds. The van der Waals surface area contributed by atoms with Crippen molar-refractivity contribution in [2.45, 2.75) is 52.4 Å². The van der Waals surface area contributed by atoms with Gasteiger partial charge in [-0.05, 0) is 13.8 Å². The molecule has 0 fully saturated rings. The molecule has 1 aromatic heterocycles. The number of rotatable bonds is 5. The molecule has 1 heterocycles. The Morgan fingerprint density at radius 3 is 2.71 bits per heavy atom. The average Bonchev–Trinajstić information content (AvgIpc) is 2.54. The van der Waals surface area contributed by atoms with E-state index in [1.54, 1.807) is 0 Å². The van der Waals surface area contributed by atoms with Gasteiger partial charge in [0.1, 0.15) is 12.6 Å². The van der Waals surface area contributed by atoms with Crippen LogP contribution in [0.5, 0.6) is 0 Å². The number of aryl methyl sites for hydroxylation is 1. The summed E-state index contributed by atoms with van der Waals surface area (Å²) in [5.74, 6) is 0.901. The molecule has 4 nitrogen and oxygen atoms in total. The molecule has 1 atom stereocenters. The van der Waals surface area contributed by atoms with Crippen LogP contribution in [0.2, 0.25) is 19.6 Å². The second kappa shape index (κ2) is 5.47. The van der Waals surface area contributed by atoms with Crippen LogP contribution in [0.3, 0.4) is 0 Å². The Hall–Kier alpha value is -1.12. The van der Waals surface area contributed by atoms with E-state index in [9.17, 15) is 0 Å². The van der Waals surface area contributed by atoms with Crippen molar-refractivity contribution in [2.75, 3.05) is 0 Å². The highest BCUT2D eigenvalue weighted by atomic mass is 28.3. The zero-order valence-electron chi connectivity index (χ0n) is 11.3. The fourth-order valence-electron chi connectivity index (χ4n) is 1.31. The molecule has 0 aliphatic rings. The first-order valence-electron chi connectivity index (χ1n) is 5.86. The van der Waals surface area contributed by atoms with Gasteiger partial charge in [-0.3, -0.25) is 0 Å². The molecule has 94 valence electrons. The monoisotopic (exact) mass is 251 g/mol. The van der Waals surface area contributed by atoms with Gasteiger partial charge in [-0.1, -0.05) is 19.6 Å². The number of nitrogens with zero attached hydrogens (tertiary/aromatic N) is 3. The standard InChI is InChI=1S/C12H21N3OSi/c1-10-14-12(6-7-13)8-15(10)9-16-11(2)17(3,4)5/h8,11H,6,9H2,1-5H3. The van der Waals surface area contributed by atoms with Crippen molar-refractivity contribution in [1.82, 2.24) is 9.55 Å². The van der Waals surface area contributed by atoms with E-state index < -0.39 is 8.07 Å². The fourth-order valence-corrected chi connectivity index (χ4v) is 1.89. The van der Waals surface area contributed by atoms with Crippen LogP contribution in [0.1, 0.15) is 18.4 Å². The maximum absolute atomic E-state index is 8.62. The molecule has 1 unspecified atom stereocenters. The van der Waals surface area contributed by atoms with E-state index in [0.29, 0.717) is 18.9 Å². The Balaban J connectivity index is 2.61. The van der Waals surface area contributed by atoms with Crippen molar-refractivity contribution >= 4 is 8.07 Å². The second-order valence-corrected chi connectivity index (χ2v) is 10.9. The Labute approximate surface area is 104 Å². The molecule has 1 rings (SSSR count). The van der Waals surface area contributed by atoms with E-state index in [4.69, 9.17) is 10.00 Å². The first-order valence-corrected chi connectivity index (χ1v) is 9.43. The van der Waals surface area contributed by atoms with Gasteiger partial charge in [0.15, 0.2) is 0 Å². The normalized spacial score (nSPS) is 13.4. The number of aromatic nitrogens is 2. The minimum Gasteiger partial charge on any atom is -0.361 e. The van der Waals surface area contributed by atoms with Gasteiger partial charge in [0.2, 0.25) is 0 Å². The number of hydrogen-bond acceptors (Lipinski definition) is 3. The minimum atomic E-state index is -1.25. The highest BCUT2D eigenvalue weighted by Crippen LogP contribution is 2.12. The topological polar surface area (TPSA) is 50.8 Å².